The molecule has 2 rings (SSSR count). The van der Waals surface area contributed by atoms with Crippen LogP contribution in [-0.2, 0) is 0 Å². The van der Waals surface area contributed by atoms with E-state index in [1.165, 1.54) is 25.7 Å². The first kappa shape index (κ1) is 7.39. The summed E-state index contributed by atoms with van der Waals surface area (Å²) in [6.07, 6.45) is 8.23. The molecular weight excluding hydrogens is 132 g/mol. The van der Waals surface area contributed by atoms with Crippen LogP contribution >= 0.6 is 0 Å². The van der Waals surface area contributed by atoms with Crippen LogP contribution in [0.3, 0.4) is 0 Å². The zero-order chi connectivity index (χ0) is 7.84. The third-order valence-electron chi connectivity index (χ3n) is 3.56. The van der Waals surface area contributed by atoms with Crippen molar-refractivity contribution in [2.24, 2.45) is 17.8 Å². The lowest BCUT2D eigenvalue weighted by atomic mass is 9.92. The van der Waals surface area contributed by atoms with Crippen molar-refractivity contribution in [1.29, 1.82) is 0 Å². The number of rotatable bonds is 2. The molecule has 0 aromatic heterocycles. The lowest BCUT2D eigenvalue weighted by Crippen LogP contribution is -2.03. The van der Waals surface area contributed by atoms with Crippen molar-refractivity contribution < 1.29 is 0 Å². The molecule has 0 amide bonds. The zero-order valence-corrected chi connectivity index (χ0v) is 7.64. The van der Waals surface area contributed by atoms with Gasteiger partial charge in [-0.05, 0) is 37.0 Å². The number of hydrogen-bond acceptors (Lipinski definition) is 0. The van der Waals surface area contributed by atoms with Gasteiger partial charge in [-0.1, -0.05) is 31.9 Å². The largest absolute Gasteiger partial charge is 0.0816 e. The van der Waals surface area contributed by atoms with E-state index >= 15 is 0 Å². The van der Waals surface area contributed by atoms with Crippen molar-refractivity contribution in [2.45, 2.75) is 39.5 Å². The average Bonchev–Trinajstić information content (AvgIpc) is 2.47. The van der Waals surface area contributed by atoms with Crippen molar-refractivity contribution in [1.82, 2.24) is 0 Å². The van der Waals surface area contributed by atoms with Crippen LogP contribution in [0.2, 0.25) is 0 Å². The van der Waals surface area contributed by atoms with Crippen LogP contribution in [0.5, 0.6) is 0 Å². The lowest BCUT2D eigenvalue weighted by Gasteiger charge is -2.13. The van der Waals surface area contributed by atoms with Crippen molar-refractivity contribution in [3.8, 4) is 0 Å². The molecule has 0 radical (unpaired) electrons. The molecule has 0 aromatic carbocycles. The smallest absolute Gasteiger partial charge is 0.0172 e. The second-order valence-electron chi connectivity index (χ2n) is 4.20. The van der Waals surface area contributed by atoms with Crippen LogP contribution in [0.15, 0.2) is 11.6 Å². The summed E-state index contributed by atoms with van der Waals surface area (Å²) >= 11 is 0. The van der Waals surface area contributed by atoms with E-state index in [1.807, 2.05) is 0 Å². The van der Waals surface area contributed by atoms with E-state index in [4.69, 9.17) is 0 Å². The topological polar surface area (TPSA) is 0 Å². The second-order valence-corrected chi connectivity index (χ2v) is 4.20. The minimum atomic E-state index is 0.960. The highest BCUT2D eigenvalue weighted by Crippen LogP contribution is 2.49. The van der Waals surface area contributed by atoms with Crippen LogP contribution in [0, 0.1) is 17.8 Å². The molecule has 2 bridgehead atoms. The zero-order valence-electron chi connectivity index (χ0n) is 7.64. The lowest BCUT2D eigenvalue weighted by molar-refractivity contribution is 0.457. The fourth-order valence-electron chi connectivity index (χ4n) is 2.91. The molecule has 0 aromatic rings. The van der Waals surface area contributed by atoms with E-state index in [2.05, 4.69) is 19.9 Å². The summed E-state index contributed by atoms with van der Waals surface area (Å²) in [5, 5.41) is 0. The maximum Gasteiger partial charge on any atom is -0.0172 e. The number of fused-ring (bicyclic) bond motifs is 2. The predicted molar refractivity (Wildman–Crippen MR) is 48.4 cm³/mol. The van der Waals surface area contributed by atoms with Gasteiger partial charge in [0.05, 0.1) is 0 Å². The molecule has 0 saturated heterocycles. The van der Waals surface area contributed by atoms with Gasteiger partial charge in [0, 0.05) is 0 Å². The van der Waals surface area contributed by atoms with Crippen LogP contribution in [0.1, 0.15) is 39.5 Å². The molecule has 3 unspecified atom stereocenters. The molecule has 0 heteroatoms. The Bertz CT molecular complexity index is 178. The molecule has 0 heterocycles. The normalized spacial score (nSPS) is 41.3. The monoisotopic (exact) mass is 150 g/mol. The van der Waals surface area contributed by atoms with Gasteiger partial charge in [-0.2, -0.15) is 0 Å². The Balaban J connectivity index is 2.09. The quantitative estimate of drug-likeness (QED) is 0.529. The van der Waals surface area contributed by atoms with E-state index in [9.17, 15) is 0 Å². The van der Waals surface area contributed by atoms with E-state index in [0.717, 1.165) is 17.8 Å². The van der Waals surface area contributed by atoms with Gasteiger partial charge in [-0.15, -0.1) is 0 Å². The van der Waals surface area contributed by atoms with Gasteiger partial charge in [0.2, 0.25) is 0 Å². The van der Waals surface area contributed by atoms with E-state index in [0.29, 0.717) is 0 Å². The van der Waals surface area contributed by atoms with Gasteiger partial charge in [-0.25, -0.2) is 0 Å². The molecule has 1 saturated carbocycles. The molecule has 2 aliphatic rings. The third kappa shape index (κ3) is 1.04. The average molecular weight is 150 g/mol. The SMILES string of the molecule is CCCC1=CC2CCC1C2C. The molecule has 0 aliphatic heterocycles. The summed E-state index contributed by atoms with van der Waals surface area (Å²) in [7, 11) is 0. The summed E-state index contributed by atoms with van der Waals surface area (Å²) in [4.78, 5) is 0. The molecule has 2 aliphatic carbocycles. The van der Waals surface area contributed by atoms with Gasteiger partial charge in [-0.3, -0.25) is 0 Å². The molecular formula is C11H18. The van der Waals surface area contributed by atoms with Gasteiger partial charge < -0.3 is 0 Å². The van der Waals surface area contributed by atoms with Gasteiger partial charge in [0.25, 0.3) is 0 Å². The molecule has 0 N–H and O–H groups in total. The van der Waals surface area contributed by atoms with Crippen molar-refractivity contribution in [3.63, 3.8) is 0 Å². The summed E-state index contributed by atoms with van der Waals surface area (Å²) in [6, 6.07) is 0. The summed E-state index contributed by atoms with van der Waals surface area (Å²) in [6.45, 7) is 4.72. The molecule has 0 spiro atoms. The summed E-state index contributed by atoms with van der Waals surface area (Å²) in [5.41, 5.74) is 1.79. The first-order valence-electron chi connectivity index (χ1n) is 5.03. The van der Waals surface area contributed by atoms with Crippen LogP contribution in [-0.4, -0.2) is 0 Å². The van der Waals surface area contributed by atoms with E-state index in [-0.39, 0.29) is 0 Å². The maximum absolute atomic E-state index is 2.57. The minimum Gasteiger partial charge on any atom is -0.0816 e. The maximum atomic E-state index is 2.57. The fraction of sp³-hybridized carbons (Fsp3) is 0.818. The Morgan fingerprint density at radius 1 is 1.45 bits per heavy atom. The predicted octanol–water partition coefficient (Wildman–Crippen LogP) is 3.39. The molecule has 3 atom stereocenters. The summed E-state index contributed by atoms with van der Waals surface area (Å²) in [5.74, 6) is 2.93. The minimum absolute atomic E-state index is 0.960. The van der Waals surface area contributed by atoms with Crippen LogP contribution in [0.4, 0.5) is 0 Å². The van der Waals surface area contributed by atoms with E-state index < -0.39 is 0 Å². The number of allylic oxidation sites excluding steroid dienone is 2. The Hall–Kier alpha value is -0.260. The highest BCUT2D eigenvalue weighted by atomic mass is 14.4. The van der Waals surface area contributed by atoms with Crippen molar-refractivity contribution >= 4 is 0 Å². The van der Waals surface area contributed by atoms with Gasteiger partial charge >= 0.3 is 0 Å². The second kappa shape index (κ2) is 2.66. The van der Waals surface area contributed by atoms with Crippen molar-refractivity contribution in [2.75, 3.05) is 0 Å². The Morgan fingerprint density at radius 3 is 2.73 bits per heavy atom. The molecule has 62 valence electrons. The molecule has 1 fully saturated rings. The first-order chi connectivity index (χ1) is 5.33. The van der Waals surface area contributed by atoms with Crippen LogP contribution in [0.25, 0.3) is 0 Å². The van der Waals surface area contributed by atoms with Crippen molar-refractivity contribution in [3.05, 3.63) is 11.6 Å². The Kier molecular flexibility index (Phi) is 1.78. The Labute approximate surface area is 69.7 Å². The van der Waals surface area contributed by atoms with Crippen LogP contribution < -0.4 is 0 Å². The first-order valence-corrected chi connectivity index (χ1v) is 5.03. The summed E-state index contributed by atoms with van der Waals surface area (Å²) < 4.78 is 0. The number of hydrogen-bond donors (Lipinski definition) is 0. The third-order valence-corrected chi connectivity index (χ3v) is 3.56. The molecule has 0 nitrogen and oxygen atoms in total. The fourth-order valence-corrected chi connectivity index (χ4v) is 2.91. The standard InChI is InChI=1S/C11H18/c1-3-4-10-7-9-5-6-11(10)8(9)2/h7-9,11H,3-6H2,1-2H3. The van der Waals surface area contributed by atoms with Gasteiger partial charge in [0.15, 0.2) is 0 Å². The highest BCUT2D eigenvalue weighted by molar-refractivity contribution is 5.21. The highest BCUT2D eigenvalue weighted by Gasteiger charge is 2.38. The molecule has 11 heavy (non-hydrogen) atoms. The van der Waals surface area contributed by atoms with E-state index in [1.54, 1.807) is 5.57 Å². The Morgan fingerprint density at radius 2 is 2.27 bits per heavy atom. The van der Waals surface area contributed by atoms with Gasteiger partial charge in [0.1, 0.15) is 0 Å².